The maximum atomic E-state index is 6.22. The van der Waals surface area contributed by atoms with Gasteiger partial charge >= 0.3 is 0 Å². The second-order valence-electron chi connectivity index (χ2n) is 9.64. The molecule has 0 radical (unpaired) electrons. The standard InChI is InChI=1S/C23H26N4O2S/c1-13-3-5-18(6-4-13)20-25-24-19(28-20)14(2)30-22-27-26-21(29-22)23-10-15-7-16(11-23)9-17(8-15)12-23/h3-6,14-17H,7-12H2,1-2H3/t14-,15?,16?,17?,23?/m1/s1. The number of hydrogen-bond acceptors (Lipinski definition) is 7. The largest absolute Gasteiger partial charge is 0.419 e. The van der Waals surface area contributed by atoms with Crippen LogP contribution in [0.3, 0.4) is 0 Å². The maximum Gasteiger partial charge on any atom is 0.277 e. The summed E-state index contributed by atoms with van der Waals surface area (Å²) in [5.74, 6) is 4.55. The molecule has 6 nitrogen and oxygen atoms in total. The van der Waals surface area contributed by atoms with Crippen LogP contribution in [-0.4, -0.2) is 20.4 Å². The molecule has 4 fully saturated rings. The van der Waals surface area contributed by atoms with Gasteiger partial charge in [-0.3, -0.25) is 0 Å². The zero-order valence-electron chi connectivity index (χ0n) is 17.4. The van der Waals surface area contributed by atoms with Gasteiger partial charge in [0.1, 0.15) is 0 Å². The average molecular weight is 423 g/mol. The van der Waals surface area contributed by atoms with Crippen LogP contribution in [0.5, 0.6) is 0 Å². The molecular formula is C23H26N4O2S. The molecule has 0 unspecified atom stereocenters. The van der Waals surface area contributed by atoms with E-state index in [-0.39, 0.29) is 10.7 Å². The third-order valence-corrected chi connectivity index (χ3v) is 8.18. The fourth-order valence-electron chi connectivity index (χ4n) is 6.26. The summed E-state index contributed by atoms with van der Waals surface area (Å²) < 4.78 is 12.1. The molecule has 1 atom stereocenters. The molecule has 4 aliphatic rings. The van der Waals surface area contributed by atoms with Gasteiger partial charge in [0, 0.05) is 11.0 Å². The zero-order chi connectivity index (χ0) is 20.3. The van der Waals surface area contributed by atoms with Crippen molar-refractivity contribution in [3.8, 4) is 11.5 Å². The third-order valence-electron chi connectivity index (χ3n) is 7.26. The normalized spacial score (nSPS) is 30.7. The number of thioether (sulfide) groups is 1. The van der Waals surface area contributed by atoms with Gasteiger partial charge in [-0.15, -0.1) is 20.4 Å². The average Bonchev–Trinajstić information content (AvgIpc) is 3.38. The predicted molar refractivity (Wildman–Crippen MR) is 113 cm³/mol. The lowest BCUT2D eigenvalue weighted by Crippen LogP contribution is -2.48. The van der Waals surface area contributed by atoms with Crippen molar-refractivity contribution in [1.29, 1.82) is 0 Å². The predicted octanol–water partition coefficient (Wildman–Crippen LogP) is 5.75. The molecule has 0 aliphatic heterocycles. The summed E-state index contributed by atoms with van der Waals surface area (Å²) in [5.41, 5.74) is 2.26. The lowest BCUT2D eigenvalue weighted by Gasteiger charge is -2.55. The minimum absolute atomic E-state index is 0.0543. The lowest BCUT2D eigenvalue weighted by atomic mass is 9.49. The van der Waals surface area contributed by atoms with Crippen molar-refractivity contribution in [2.75, 3.05) is 0 Å². The fraction of sp³-hybridized carbons (Fsp3) is 0.565. The van der Waals surface area contributed by atoms with E-state index >= 15 is 0 Å². The number of nitrogens with zero attached hydrogens (tertiary/aromatic N) is 4. The lowest BCUT2D eigenvalue weighted by molar-refractivity contribution is -0.0191. The Kier molecular flexibility index (Phi) is 4.30. The van der Waals surface area contributed by atoms with Crippen molar-refractivity contribution in [3.05, 3.63) is 41.6 Å². The summed E-state index contributed by atoms with van der Waals surface area (Å²) in [5, 5.41) is 17.9. The summed E-state index contributed by atoms with van der Waals surface area (Å²) in [6.45, 7) is 4.09. The van der Waals surface area contributed by atoms with Gasteiger partial charge in [-0.2, -0.15) is 0 Å². The fourth-order valence-corrected chi connectivity index (χ4v) is 6.97. The molecule has 0 saturated heterocycles. The first-order chi connectivity index (χ1) is 14.6. The SMILES string of the molecule is Cc1ccc(-c2nnc([C@@H](C)Sc3nnc(C45CC6CC(CC(C6)C4)C5)o3)o2)cc1. The van der Waals surface area contributed by atoms with Crippen LogP contribution in [0, 0.1) is 24.7 Å². The van der Waals surface area contributed by atoms with E-state index in [1.165, 1.54) is 55.9 Å². The van der Waals surface area contributed by atoms with E-state index in [9.17, 15) is 0 Å². The smallest absolute Gasteiger partial charge is 0.277 e. The highest BCUT2D eigenvalue weighted by molar-refractivity contribution is 7.99. The van der Waals surface area contributed by atoms with Gasteiger partial charge < -0.3 is 8.83 Å². The summed E-state index contributed by atoms with van der Waals surface area (Å²) in [6.07, 6.45) is 7.91. The number of rotatable bonds is 5. The molecule has 2 aromatic heterocycles. The molecule has 0 spiro atoms. The number of aromatic nitrogens is 4. The molecule has 3 aromatic rings. The quantitative estimate of drug-likeness (QED) is 0.484. The van der Waals surface area contributed by atoms with Gasteiger partial charge in [0.15, 0.2) is 0 Å². The highest BCUT2D eigenvalue weighted by Crippen LogP contribution is 2.60. The van der Waals surface area contributed by atoms with Crippen molar-refractivity contribution < 1.29 is 8.83 Å². The van der Waals surface area contributed by atoms with Gasteiger partial charge in [-0.05, 0) is 82.3 Å². The van der Waals surface area contributed by atoms with Gasteiger partial charge in [-0.1, -0.05) is 29.5 Å². The second kappa shape index (κ2) is 6.94. The molecule has 4 bridgehead atoms. The molecule has 7 rings (SSSR count). The highest BCUT2D eigenvalue weighted by Gasteiger charge is 2.54. The molecule has 0 amide bonds. The van der Waals surface area contributed by atoms with Crippen LogP contribution in [0.15, 0.2) is 38.3 Å². The summed E-state index contributed by atoms with van der Waals surface area (Å²) in [7, 11) is 0. The van der Waals surface area contributed by atoms with Crippen LogP contribution in [0.25, 0.3) is 11.5 Å². The molecule has 4 aliphatic carbocycles. The Labute approximate surface area is 180 Å². The van der Waals surface area contributed by atoms with Crippen LogP contribution >= 0.6 is 11.8 Å². The van der Waals surface area contributed by atoms with Crippen LogP contribution < -0.4 is 0 Å². The van der Waals surface area contributed by atoms with Gasteiger partial charge in [-0.25, -0.2) is 0 Å². The Morgan fingerprint density at radius 2 is 1.57 bits per heavy atom. The molecule has 7 heteroatoms. The minimum Gasteiger partial charge on any atom is -0.419 e. The first-order valence-electron chi connectivity index (χ1n) is 11.0. The number of benzene rings is 1. The van der Waals surface area contributed by atoms with Gasteiger partial charge in [0.25, 0.3) is 5.22 Å². The first kappa shape index (κ1) is 18.6. The number of aryl methyl sites for hydroxylation is 1. The molecule has 30 heavy (non-hydrogen) atoms. The molecule has 156 valence electrons. The van der Waals surface area contributed by atoms with E-state index in [2.05, 4.69) is 27.3 Å². The zero-order valence-corrected chi connectivity index (χ0v) is 18.2. The van der Waals surface area contributed by atoms with E-state index in [0.29, 0.717) is 17.0 Å². The molecule has 4 saturated carbocycles. The Balaban J connectivity index is 1.18. The maximum absolute atomic E-state index is 6.22. The van der Waals surface area contributed by atoms with Crippen LogP contribution in [0.2, 0.25) is 0 Å². The van der Waals surface area contributed by atoms with Crippen molar-refractivity contribution in [3.63, 3.8) is 0 Å². The van der Waals surface area contributed by atoms with Crippen molar-refractivity contribution in [1.82, 2.24) is 20.4 Å². The van der Waals surface area contributed by atoms with Gasteiger partial charge in [0.05, 0.1) is 5.25 Å². The van der Waals surface area contributed by atoms with E-state index in [1.807, 2.05) is 31.2 Å². The van der Waals surface area contributed by atoms with Crippen LogP contribution in [-0.2, 0) is 5.41 Å². The monoisotopic (exact) mass is 422 g/mol. The van der Waals surface area contributed by atoms with E-state index in [1.54, 1.807) is 0 Å². The van der Waals surface area contributed by atoms with Crippen LogP contribution in [0.4, 0.5) is 0 Å². The number of hydrogen-bond donors (Lipinski definition) is 0. The highest BCUT2D eigenvalue weighted by atomic mass is 32.2. The van der Waals surface area contributed by atoms with E-state index in [0.717, 1.165) is 29.2 Å². The summed E-state index contributed by atoms with van der Waals surface area (Å²) >= 11 is 1.50. The molecular weight excluding hydrogens is 396 g/mol. The Morgan fingerprint density at radius 3 is 2.23 bits per heavy atom. The Bertz CT molecular complexity index is 1020. The van der Waals surface area contributed by atoms with E-state index in [4.69, 9.17) is 8.83 Å². The molecule has 2 heterocycles. The molecule has 0 N–H and O–H groups in total. The summed E-state index contributed by atoms with van der Waals surface area (Å²) in [4.78, 5) is 0. The van der Waals surface area contributed by atoms with Crippen LogP contribution in [0.1, 0.15) is 68.0 Å². The second-order valence-corrected chi connectivity index (χ2v) is 10.9. The van der Waals surface area contributed by atoms with Crippen molar-refractivity contribution in [2.24, 2.45) is 17.8 Å². The van der Waals surface area contributed by atoms with E-state index < -0.39 is 0 Å². The summed E-state index contributed by atoms with van der Waals surface area (Å²) in [6, 6.07) is 8.09. The first-order valence-corrected chi connectivity index (χ1v) is 11.9. The minimum atomic E-state index is -0.0543. The van der Waals surface area contributed by atoms with Crippen molar-refractivity contribution >= 4 is 11.8 Å². The Morgan fingerprint density at radius 1 is 0.900 bits per heavy atom. The topological polar surface area (TPSA) is 77.8 Å². The molecule has 1 aromatic carbocycles. The van der Waals surface area contributed by atoms with Gasteiger partial charge in [0.2, 0.25) is 17.7 Å². The Hall–Kier alpha value is -2.15. The third kappa shape index (κ3) is 3.18. The van der Waals surface area contributed by atoms with Crippen molar-refractivity contribution in [2.45, 2.75) is 68.3 Å².